The second-order valence-corrected chi connectivity index (χ2v) is 6.07. The zero-order chi connectivity index (χ0) is 14.3. The number of hydrogen-bond acceptors (Lipinski definition) is 4. The van der Waals surface area contributed by atoms with E-state index in [0.717, 1.165) is 12.1 Å². The van der Waals surface area contributed by atoms with Crippen molar-refractivity contribution in [3.05, 3.63) is 29.8 Å². The lowest BCUT2D eigenvalue weighted by Crippen LogP contribution is -2.22. The van der Waals surface area contributed by atoms with Crippen LogP contribution in [-0.4, -0.2) is 41.0 Å². The number of benzene rings is 1. The van der Waals surface area contributed by atoms with Crippen molar-refractivity contribution in [2.45, 2.75) is 11.3 Å². The van der Waals surface area contributed by atoms with E-state index in [0.29, 0.717) is 32.2 Å². The quantitative estimate of drug-likeness (QED) is 0.735. The number of sulfone groups is 1. The van der Waals surface area contributed by atoms with E-state index < -0.39 is 26.4 Å². The normalized spacial score (nSPS) is 11.7. The third kappa shape index (κ3) is 5.22. The summed E-state index contributed by atoms with van der Waals surface area (Å²) in [7, 11) is -2.22. The van der Waals surface area contributed by atoms with E-state index >= 15 is 0 Å². The number of rotatable bonds is 8. The van der Waals surface area contributed by atoms with Crippen LogP contribution in [-0.2, 0) is 14.6 Å². The molecule has 0 amide bonds. The van der Waals surface area contributed by atoms with Crippen molar-refractivity contribution in [1.29, 1.82) is 0 Å². The van der Waals surface area contributed by atoms with E-state index in [1.54, 1.807) is 7.11 Å². The van der Waals surface area contributed by atoms with Crippen LogP contribution in [0.2, 0.25) is 0 Å². The van der Waals surface area contributed by atoms with Gasteiger partial charge >= 0.3 is 0 Å². The van der Waals surface area contributed by atoms with Gasteiger partial charge in [-0.05, 0) is 31.2 Å². The average Bonchev–Trinajstić information content (AvgIpc) is 2.36. The Morgan fingerprint density at radius 1 is 1.26 bits per heavy atom. The Hall–Kier alpha value is -1.05. The molecule has 0 saturated heterocycles. The smallest absolute Gasteiger partial charge is 0.181 e. The molecule has 0 saturated carbocycles. The van der Waals surface area contributed by atoms with Crippen LogP contribution in [0.5, 0.6) is 0 Å². The summed E-state index contributed by atoms with van der Waals surface area (Å²) in [6.45, 7) is 1.62. The van der Waals surface area contributed by atoms with Crippen LogP contribution in [0, 0.1) is 11.6 Å². The largest absolute Gasteiger partial charge is 0.383 e. The summed E-state index contributed by atoms with van der Waals surface area (Å²) in [6, 6.07) is 2.42. The van der Waals surface area contributed by atoms with Crippen molar-refractivity contribution in [3.8, 4) is 0 Å². The van der Waals surface area contributed by atoms with Gasteiger partial charge in [-0.3, -0.25) is 0 Å². The summed E-state index contributed by atoms with van der Waals surface area (Å²) >= 11 is 0. The van der Waals surface area contributed by atoms with Crippen molar-refractivity contribution in [3.63, 3.8) is 0 Å². The Bertz CT molecular complexity index is 506. The Balaban J connectivity index is 2.54. The fourth-order valence-corrected chi connectivity index (χ4v) is 2.91. The summed E-state index contributed by atoms with van der Waals surface area (Å²) in [5.74, 6) is -1.92. The first-order chi connectivity index (χ1) is 8.97. The molecule has 0 radical (unpaired) electrons. The highest BCUT2D eigenvalue weighted by Crippen LogP contribution is 2.17. The van der Waals surface area contributed by atoms with Gasteiger partial charge in [-0.2, -0.15) is 0 Å². The van der Waals surface area contributed by atoms with Crippen molar-refractivity contribution >= 4 is 9.84 Å². The Labute approximate surface area is 111 Å². The molecular weight excluding hydrogens is 276 g/mol. The van der Waals surface area contributed by atoms with E-state index in [2.05, 4.69) is 5.32 Å². The number of methoxy groups -OCH3 is 1. The van der Waals surface area contributed by atoms with E-state index in [1.807, 2.05) is 0 Å². The van der Waals surface area contributed by atoms with Crippen LogP contribution in [0.4, 0.5) is 8.78 Å². The Morgan fingerprint density at radius 3 is 2.68 bits per heavy atom. The van der Waals surface area contributed by atoms with Gasteiger partial charge < -0.3 is 10.1 Å². The lowest BCUT2D eigenvalue weighted by molar-refractivity contribution is 0.199. The van der Waals surface area contributed by atoms with Gasteiger partial charge in [0, 0.05) is 13.7 Å². The van der Waals surface area contributed by atoms with E-state index in [4.69, 9.17) is 4.74 Å². The molecule has 0 atom stereocenters. The molecule has 19 heavy (non-hydrogen) atoms. The Morgan fingerprint density at radius 2 is 2.00 bits per heavy atom. The number of nitrogens with one attached hydrogen (secondary N) is 1. The number of ether oxygens (including phenoxy) is 1. The molecule has 1 aromatic rings. The van der Waals surface area contributed by atoms with Gasteiger partial charge in [0.25, 0.3) is 0 Å². The topological polar surface area (TPSA) is 55.4 Å². The van der Waals surface area contributed by atoms with E-state index in [-0.39, 0.29) is 5.75 Å². The van der Waals surface area contributed by atoms with Crippen molar-refractivity contribution in [2.24, 2.45) is 0 Å². The first kappa shape index (κ1) is 16.0. The predicted octanol–water partition coefficient (Wildman–Crippen LogP) is 1.36. The second-order valence-electron chi connectivity index (χ2n) is 3.99. The van der Waals surface area contributed by atoms with Gasteiger partial charge in [-0.25, -0.2) is 17.2 Å². The summed E-state index contributed by atoms with van der Waals surface area (Å²) in [6.07, 6.45) is 0.321. The summed E-state index contributed by atoms with van der Waals surface area (Å²) in [4.78, 5) is -0.579. The fourth-order valence-electron chi connectivity index (χ4n) is 1.51. The van der Waals surface area contributed by atoms with E-state index in [1.165, 1.54) is 0 Å². The summed E-state index contributed by atoms with van der Waals surface area (Å²) in [5.41, 5.74) is 0. The molecule has 0 unspecified atom stereocenters. The molecule has 0 aliphatic carbocycles. The minimum Gasteiger partial charge on any atom is -0.383 e. The third-order valence-corrected chi connectivity index (χ3v) is 4.29. The van der Waals surface area contributed by atoms with Gasteiger partial charge in [-0.1, -0.05) is 0 Å². The monoisotopic (exact) mass is 293 g/mol. The highest BCUT2D eigenvalue weighted by molar-refractivity contribution is 7.91. The van der Waals surface area contributed by atoms with Gasteiger partial charge in [0.1, 0.15) is 16.5 Å². The van der Waals surface area contributed by atoms with Crippen molar-refractivity contribution < 1.29 is 21.9 Å². The van der Waals surface area contributed by atoms with Gasteiger partial charge in [0.05, 0.1) is 12.4 Å². The fraction of sp³-hybridized carbons (Fsp3) is 0.500. The molecule has 0 aromatic heterocycles. The highest BCUT2D eigenvalue weighted by Gasteiger charge is 2.19. The molecule has 0 aliphatic heterocycles. The molecule has 0 heterocycles. The Kier molecular flexibility index (Phi) is 6.33. The predicted molar refractivity (Wildman–Crippen MR) is 67.8 cm³/mol. The minimum atomic E-state index is -3.79. The van der Waals surface area contributed by atoms with Gasteiger partial charge in [0.15, 0.2) is 9.84 Å². The van der Waals surface area contributed by atoms with Crippen LogP contribution in [0.1, 0.15) is 6.42 Å². The lowest BCUT2D eigenvalue weighted by Gasteiger charge is -2.07. The van der Waals surface area contributed by atoms with Crippen LogP contribution in [0.15, 0.2) is 23.1 Å². The van der Waals surface area contributed by atoms with E-state index in [9.17, 15) is 17.2 Å². The van der Waals surface area contributed by atoms with Crippen LogP contribution in [0.25, 0.3) is 0 Å². The SMILES string of the molecule is COCCNCCCS(=O)(=O)c1cc(F)ccc1F. The zero-order valence-corrected chi connectivity index (χ0v) is 11.5. The number of halogens is 2. The highest BCUT2D eigenvalue weighted by atomic mass is 32.2. The zero-order valence-electron chi connectivity index (χ0n) is 10.7. The van der Waals surface area contributed by atoms with Crippen LogP contribution in [0.3, 0.4) is 0 Å². The molecule has 0 aliphatic rings. The molecule has 1 aromatic carbocycles. The first-order valence-electron chi connectivity index (χ1n) is 5.85. The number of hydrogen-bond donors (Lipinski definition) is 1. The molecule has 0 bridgehead atoms. The average molecular weight is 293 g/mol. The third-order valence-electron chi connectivity index (χ3n) is 2.48. The maximum absolute atomic E-state index is 13.4. The standard InChI is InChI=1S/C12H17F2NO3S/c1-18-7-6-15-5-2-8-19(16,17)12-9-10(13)3-4-11(12)14/h3-4,9,15H,2,5-8H2,1H3. The molecule has 1 rings (SSSR count). The molecule has 0 spiro atoms. The van der Waals surface area contributed by atoms with Crippen LogP contribution < -0.4 is 5.32 Å². The minimum absolute atomic E-state index is 0.229. The van der Waals surface area contributed by atoms with Crippen LogP contribution >= 0.6 is 0 Å². The first-order valence-corrected chi connectivity index (χ1v) is 7.50. The van der Waals surface area contributed by atoms with Gasteiger partial charge in [-0.15, -0.1) is 0 Å². The molecule has 1 N–H and O–H groups in total. The molecule has 0 fully saturated rings. The molecule has 108 valence electrons. The van der Waals surface area contributed by atoms with Crippen molar-refractivity contribution in [2.75, 3.05) is 32.6 Å². The second kappa shape index (κ2) is 7.52. The van der Waals surface area contributed by atoms with Crippen molar-refractivity contribution in [1.82, 2.24) is 5.32 Å². The van der Waals surface area contributed by atoms with Gasteiger partial charge in [0.2, 0.25) is 0 Å². The lowest BCUT2D eigenvalue weighted by atomic mass is 10.3. The maximum Gasteiger partial charge on any atom is 0.181 e. The summed E-state index contributed by atoms with van der Waals surface area (Å²) in [5, 5.41) is 2.98. The summed E-state index contributed by atoms with van der Waals surface area (Å²) < 4.78 is 54.8. The maximum atomic E-state index is 13.4. The molecular formula is C12H17F2NO3S. The molecule has 4 nitrogen and oxygen atoms in total. The molecule has 7 heteroatoms.